The van der Waals surface area contributed by atoms with Gasteiger partial charge in [0.1, 0.15) is 5.75 Å². The Bertz CT molecular complexity index is 561. The Hall–Kier alpha value is -1.29. The minimum atomic E-state index is 0.500. The van der Waals surface area contributed by atoms with Crippen LogP contribution >= 0.6 is 23.2 Å². The van der Waals surface area contributed by atoms with Gasteiger partial charge in [-0.05, 0) is 30.3 Å². The van der Waals surface area contributed by atoms with Crippen LogP contribution in [0.15, 0.2) is 36.5 Å². The fourth-order valence-electron chi connectivity index (χ4n) is 1.55. The van der Waals surface area contributed by atoms with Crippen molar-refractivity contribution in [3.05, 3.63) is 52.1 Å². The van der Waals surface area contributed by atoms with E-state index >= 15 is 0 Å². The molecule has 0 fully saturated rings. The maximum Gasteiger partial charge on any atom is 0.219 e. The predicted octanol–water partition coefficient (Wildman–Crippen LogP) is 4.29. The number of benzene rings is 1. The molecule has 0 amide bonds. The first-order chi connectivity index (χ1) is 9.19. The lowest BCUT2D eigenvalue weighted by molar-refractivity contribution is 0.462. The molecule has 0 saturated heterocycles. The number of hydrogen-bond donors (Lipinski definition) is 1. The lowest BCUT2D eigenvalue weighted by Crippen LogP contribution is -2.11. The summed E-state index contributed by atoms with van der Waals surface area (Å²) in [5.41, 5.74) is 1.10. The van der Waals surface area contributed by atoms with E-state index in [1.54, 1.807) is 24.4 Å². The van der Waals surface area contributed by atoms with Crippen LogP contribution in [0.25, 0.3) is 0 Å². The molecule has 1 aromatic heterocycles. The van der Waals surface area contributed by atoms with Gasteiger partial charge in [-0.3, -0.25) is 0 Å². The molecule has 0 aliphatic rings. The van der Waals surface area contributed by atoms with Gasteiger partial charge in [0.2, 0.25) is 5.88 Å². The Morgan fingerprint density at radius 1 is 1.21 bits per heavy atom. The third-order valence-corrected chi connectivity index (χ3v) is 3.03. The quantitative estimate of drug-likeness (QED) is 0.894. The van der Waals surface area contributed by atoms with Gasteiger partial charge in [-0.1, -0.05) is 30.1 Å². The van der Waals surface area contributed by atoms with Crippen molar-refractivity contribution in [1.82, 2.24) is 10.3 Å². The van der Waals surface area contributed by atoms with Crippen LogP contribution in [0.1, 0.15) is 12.5 Å². The van der Waals surface area contributed by atoms with Crippen molar-refractivity contribution in [2.75, 3.05) is 6.54 Å². The summed E-state index contributed by atoms with van der Waals surface area (Å²) in [6, 6.07) is 8.89. The minimum Gasteiger partial charge on any atom is -0.437 e. The molecule has 0 atom stereocenters. The second-order valence-corrected chi connectivity index (χ2v) is 4.80. The topological polar surface area (TPSA) is 34.2 Å². The molecule has 0 unspecified atom stereocenters. The average Bonchev–Trinajstić information content (AvgIpc) is 2.41. The summed E-state index contributed by atoms with van der Waals surface area (Å²) >= 11 is 12.0. The normalized spacial score (nSPS) is 10.5. The molecule has 19 heavy (non-hydrogen) atoms. The van der Waals surface area contributed by atoms with E-state index in [1.165, 1.54) is 0 Å². The summed E-state index contributed by atoms with van der Waals surface area (Å²) in [4.78, 5) is 4.16. The molecule has 0 radical (unpaired) electrons. The number of nitrogens with zero attached hydrogens (tertiary/aromatic N) is 1. The molecule has 1 heterocycles. The molecule has 0 aliphatic carbocycles. The molecule has 1 aromatic carbocycles. The van der Waals surface area contributed by atoms with E-state index in [-0.39, 0.29) is 0 Å². The van der Waals surface area contributed by atoms with Gasteiger partial charge in [0, 0.05) is 29.9 Å². The van der Waals surface area contributed by atoms with Gasteiger partial charge in [0.05, 0.1) is 5.02 Å². The van der Waals surface area contributed by atoms with Gasteiger partial charge in [0.25, 0.3) is 0 Å². The van der Waals surface area contributed by atoms with Gasteiger partial charge in [0.15, 0.2) is 0 Å². The van der Waals surface area contributed by atoms with Crippen molar-refractivity contribution >= 4 is 23.2 Å². The molecule has 1 N–H and O–H groups in total. The molecule has 0 spiro atoms. The zero-order chi connectivity index (χ0) is 13.7. The molecule has 5 heteroatoms. The second-order valence-electron chi connectivity index (χ2n) is 3.96. The molecule has 0 bridgehead atoms. The highest BCUT2D eigenvalue weighted by Crippen LogP contribution is 2.31. The highest BCUT2D eigenvalue weighted by atomic mass is 35.5. The van der Waals surface area contributed by atoms with E-state index < -0.39 is 0 Å². The van der Waals surface area contributed by atoms with Crippen molar-refractivity contribution in [2.24, 2.45) is 0 Å². The zero-order valence-corrected chi connectivity index (χ0v) is 12.0. The highest BCUT2D eigenvalue weighted by Gasteiger charge is 2.05. The molecule has 2 aromatic rings. The first kappa shape index (κ1) is 14.1. The Morgan fingerprint density at radius 3 is 2.84 bits per heavy atom. The molecule has 3 nitrogen and oxygen atoms in total. The van der Waals surface area contributed by atoms with Crippen LogP contribution in [-0.4, -0.2) is 11.5 Å². The highest BCUT2D eigenvalue weighted by molar-refractivity contribution is 6.34. The minimum absolute atomic E-state index is 0.500. The fourth-order valence-corrected chi connectivity index (χ4v) is 1.87. The second kappa shape index (κ2) is 6.75. The number of pyridine rings is 1. The van der Waals surface area contributed by atoms with Crippen LogP contribution in [-0.2, 0) is 6.54 Å². The van der Waals surface area contributed by atoms with Gasteiger partial charge in [-0.25, -0.2) is 4.98 Å². The van der Waals surface area contributed by atoms with Gasteiger partial charge < -0.3 is 10.1 Å². The first-order valence-electron chi connectivity index (χ1n) is 5.97. The van der Waals surface area contributed by atoms with E-state index in [1.807, 2.05) is 12.1 Å². The Balaban J connectivity index is 2.16. The maximum atomic E-state index is 6.05. The van der Waals surface area contributed by atoms with Crippen LogP contribution in [0, 0.1) is 0 Å². The summed E-state index contributed by atoms with van der Waals surface area (Å²) in [6.07, 6.45) is 1.71. The van der Waals surface area contributed by atoms with E-state index in [0.29, 0.717) is 21.7 Å². The molecular weight excluding hydrogens is 283 g/mol. The van der Waals surface area contributed by atoms with Gasteiger partial charge in [-0.2, -0.15) is 0 Å². The monoisotopic (exact) mass is 296 g/mol. The standard InChI is InChI=1S/C14H14Cl2N2O/c1-2-17-9-10-5-6-18-14(7-10)19-13-8-11(15)3-4-12(13)16/h3-8,17H,2,9H2,1H3. The number of nitrogens with one attached hydrogen (secondary N) is 1. The number of aromatic nitrogens is 1. The van der Waals surface area contributed by atoms with Crippen LogP contribution in [0.2, 0.25) is 10.0 Å². The van der Waals surface area contributed by atoms with Crippen LogP contribution in [0.3, 0.4) is 0 Å². The van der Waals surface area contributed by atoms with Crippen molar-refractivity contribution in [3.8, 4) is 11.6 Å². The Labute approximate surface area is 122 Å². The summed E-state index contributed by atoms with van der Waals surface area (Å²) in [5.74, 6) is 1.00. The molecule has 0 saturated carbocycles. The van der Waals surface area contributed by atoms with Crippen LogP contribution in [0.5, 0.6) is 11.6 Å². The maximum absolute atomic E-state index is 6.05. The summed E-state index contributed by atoms with van der Waals surface area (Å²) in [6.45, 7) is 3.75. The van der Waals surface area contributed by atoms with Crippen LogP contribution < -0.4 is 10.1 Å². The average molecular weight is 297 g/mol. The summed E-state index contributed by atoms with van der Waals surface area (Å²) in [7, 11) is 0. The lowest BCUT2D eigenvalue weighted by atomic mass is 10.2. The van der Waals surface area contributed by atoms with Gasteiger partial charge in [-0.15, -0.1) is 0 Å². The SMILES string of the molecule is CCNCc1ccnc(Oc2cc(Cl)ccc2Cl)c1. The number of hydrogen-bond acceptors (Lipinski definition) is 3. The predicted molar refractivity (Wildman–Crippen MR) is 78.2 cm³/mol. The van der Waals surface area contributed by atoms with E-state index in [0.717, 1.165) is 18.7 Å². The van der Waals surface area contributed by atoms with Gasteiger partial charge >= 0.3 is 0 Å². The van der Waals surface area contributed by atoms with E-state index in [9.17, 15) is 0 Å². The summed E-state index contributed by atoms with van der Waals surface area (Å²) < 4.78 is 5.66. The van der Waals surface area contributed by atoms with Crippen LogP contribution in [0.4, 0.5) is 0 Å². The third kappa shape index (κ3) is 4.10. The van der Waals surface area contributed by atoms with E-state index in [4.69, 9.17) is 27.9 Å². The zero-order valence-electron chi connectivity index (χ0n) is 10.5. The van der Waals surface area contributed by atoms with E-state index in [2.05, 4.69) is 17.2 Å². The Morgan fingerprint density at radius 2 is 2.05 bits per heavy atom. The smallest absolute Gasteiger partial charge is 0.219 e. The van der Waals surface area contributed by atoms with Crippen molar-refractivity contribution < 1.29 is 4.74 Å². The lowest BCUT2D eigenvalue weighted by Gasteiger charge is -2.08. The third-order valence-electron chi connectivity index (χ3n) is 2.49. The number of ether oxygens (including phenoxy) is 1. The number of rotatable bonds is 5. The van der Waals surface area contributed by atoms with Crippen molar-refractivity contribution in [2.45, 2.75) is 13.5 Å². The molecule has 0 aliphatic heterocycles. The fraction of sp³-hybridized carbons (Fsp3) is 0.214. The van der Waals surface area contributed by atoms with Crippen molar-refractivity contribution in [1.29, 1.82) is 0 Å². The largest absolute Gasteiger partial charge is 0.437 e. The Kier molecular flexibility index (Phi) is 5.02. The molecule has 100 valence electrons. The molecular formula is C14H14Cl2N2O. The number of halogens is 2. The van der Waals surface area contributed by atoms with Crippen molar-refractivity contribution in [3.63, 3.8) is 0 Å². The first-order valence-corrected chi connectivity index (χ1v) is 6.73. The summed E-state index contributed by atoms with van der Waals surface area (Å²) in [5, 5.41) is 4.32. The molecule has 2 rings (SSSR count).